The van der Waals surface area contributed by atoms with Crippen molar-refractivity contribution in [3.05, 3.63) is 170 Å². The second-order valence-electron chi connectivity index (χ2n) is 12.4. The molecule has 7 aromatic carbocycles. The number of hydrogen-bond donors (Lipinski definition) is 0. The molecule has 0 bridgehead atoms. The molecule has 10 aromatic rings. The summed E-state index contributed by atoms with van der Waals surface area (Å²) < 4.78 is 12.9. The Morgan fingerprint density at radius 3 is 1.55 bits per heavy atom. The van der Waals surface area contributed by atoms with Crippen LogP contribution in [0, 0.1) is 0 Å². The largest absolute Gasteiger partial charge is 0.456 e. The lowest BCUT2D eigenvalue weighted by molar-refractivity contribution is 0.669. The third-order valence-electron chi connectivity index (χ3n) is 9.31. The van der Waals surface area contributed by atoms with Gasteiger partial charge in [-0.25, -0.2) is 15.0 Å². The number of aromatic nitrogens is 3. The zero-order valence-electron chi connectivity index (χ0n) is 27.3. The van der Waals surface area contributed by atoms with E-state index in [1.54, 1.807) is 0 Å². The Kier molecular flexibility index (Phi) is 6.70. The van der Waals surface area contributed by atoms with Gasteiger partial charge in [0.1, 0.15) is 22.3 Å². The van der Waals surface area contributed by atoms with E-state index >= 15 is 0 Å². The molecule has 0 atom stereocenters. The van der Waals surface area contributed by atoms with Crippen LogP contribution < -0.4 is 4.90 Å². The predicted octanol–water partition coefficient (Wildman–Crippen LogP) is 12.1. The highest BCUT2D eigenvalue weighted by molar-refractivity contribution is 6.13. The zero-order chi connectivity index (χ0) is 33.7. The molecule has 3 heterocycles. The van der Waals surface area contributed by atoms with Crippen LogP contribution in [0.3, 0.4) is 0 Å². The smallest absolute Gasteiger partial charge is 0.164 e. The fourth-order valence-electron chi connectivity index (χ4n) is 6.95. The fraction of sp³-hybridized carbons (Fsp3) is 0. The average molecular weight is 657 g/mol. The number of benzene rings is 7. The van der Waals surface area contributed by atoms with Gasteiger partial charge >= 0.3 is 0 Å². The van der Waals surface area contributed by atoms with Crippen LogP contribution in [-0.4, -0.2) is 15.0 Å². The van der Waals surface area contributed by atoms with Crippen molar-refractivity contribution in [3.8, 4) is 34.2 Å². The Morgan fingerprint density at radius 2 is 0.863 bits per heavy atom. The van der Waals surface area contributed by atoms with E-state index < -0.39 is 0 Å². The number of fused-ring (bicyclic) bond motifs is 6. The van der Waals surface area contributed by atoms with E-state index in [2.05, 4.69) is 77.7 Å². The summed E-state index contributed by atoms with van der Waals surface area (Å²) in [4.78, 5) is 17.2. The van der Waals surface area contributed by atoms with Crippen LogP contribution in [0.15, 0.2) is 179 Å². The van der Waals surface area contributed by atoms with Gasteiger partial charge in [-0.3, -0.25) is 0 Å². The molecule has 6 nitrogen and oxygen atoms in total. The molecule has 0 radical (unpaired) electrons. The van der Waals surface area contributed by atoms with Crippen LogP contribution in [0.4, 0.5) is 17.1 Å². The minimum absolute atomic E-state index is 0.588. The predicted molar refractivity (Wildman–Crippen MR) is 205 cm³/mol. The third kappa shape index (κ3) is 5.01. The summed E-state index contributed by atoms with van der Waals surface area (Å²) in [5.74, 6) is 1.82. The quantitative estimate of drug-likeness (QED) is 0.177. The molecule has 0 aliphatic rings. The van der Waals surface area contributed by atoms with Crippen molar-refractivity contribution in [2.24, 2.45) is 0 Å². The first-order valence-electron chi connectivity index (χ1n) is 16.9. The van der Waals surface area contributed by atoms with Crippen molar-refractivity contribution in [2.75, 3.05) is 4.90 Å². The lowest BCUT2D eigenvalue weighted by Crippen LogP contribution is -2.09. The molecule has 0 aliphatic heterocycles. The summed E-state index contributed by atoms with van der Waals surface area (Å²) in [5.41, 5.74) is 8.94. The van der Waals surface area contributed by atoms with Crippen molar-refractivity contribution >= 4 is 60.9 Å². The molecule has 0 amide bonds. The minimum atomic E-state index is 0.588. The molecule has 10 rings (SSSR count). The van der Waals surface area contributed by atoms with Crippen molar-refractivity contribution in [1.29, 1.82) is 0 Å². The highest BCUT2D eigenvalue weighted by atomic mass is 16.3. The lowest BCUT2D eigenvalue weighted by atomic mass is 10.0. The molecule has 0 spiro atoms. The summed E-state index contributed by atoms with van der Waals surface area (Å²) in [5, 5.41) is 4.13. The maximum absolute atomic E-state index is 6.60. The van der Waals surface area contributed by atoms with Gasteiger partial charge in [-0.2, -0.15) is 0 Å². The molecule has 240 valence electrons. The van der Waals surface area contributed by atoms with Crippen molar-refractivity contribution < 1.29 is 8.83 Å². The number of hydrogen-bond acceptors (Lipinski definition) is 6. The summed E-state index contributed by atoms with van der Waals surface area (Å²) in [6, 6.07) is 57.4. The van der Waals surface area contributed by atoms with Crippen molar-refractivity contribution in [3.63, 3.8) is 0 Å². The highest BCUT2D eigenvalue weighted by Gasteiger charge is 2.20. The standard InChI is InChI=1S/C45H28N4O2/c1-4-13-29(14-5-1)43-46-44(30-15-6-2-7-16-30)48-45(47-43)37-20-12-22-39-42(37)36-26-24-33(28-41(36)51-39)49(31-17-8-3-9-18-31)32-23-25-35-34-19-10-11-21-38(34)50-40(35)27-32/h1-28H. The van der Waals surface area contributed by atoms with Gasteiger partial charge < -0.3 is 13.7 Å². The van der Waals surface area contributed by atoms with E-state index in [1.165, 1.54) is 0 Å². The second kappa shape index (κ2) is 11.8. The van der Waals surface area contributed by atoms with Gasteiger partial charge in [0.2, 0.25) is 0 Å². The van der Waals surface area contributed by atoms with Crippen LogP contribution in [0.5, 0.6) is 0 Å². The van der Waals surface area contributed by atoms with Gasteiger partial charge in [-0.1, -0.05) is 109 Å². The molecule has 0 saturated carbocycles. The monoisotopic (exact) mass is 656 g/mol. The van der Waals surface area contributed by atoms with Gasteiger partial charge in [0.15, 0.2) is 17.5 Å². The van der Waals surface area contributed by atoms with E-state index in [4.69, 9.17) is 23.8 Å². The zero-order valence-corrected chi connectivity index (χ0v) is 27.3. The van der Waals surface area contributed by atoms with Crippen LogP contribution in [0.2, 0.25) is 0 Å². The van der Waals surface area contributed by atoms with E-state index in [0.717, 1.165) is 77.6 Å². The van der Waals surface area contributed by atoms with Gasteiger partial charge in [-0.15, -0.1) is 0 Å². The molecule has 0 N–H and O–H groups in total. The van der Waals surface area contributed by atoms with Crippen LogP contribution in [0.1, 0.15) is 0 Å². The van der Waals surface area contributed by atoms with Gasteiger partial charge in [-0.05, 0) is 48.5 Å². The maximum atomic E-state index is 6.60. The molecule has 0 saturated heterocycles. The molecule has 51 heavy (non-hydrogen) atoms. The minimum Gasteiger partial charge on any atom is -0.456 e. The van der Waals surface area contributed by atoms with Crippen molar-refractivity contribution in [2.45, 2.75) is 0 Å². The molecular weight excluding hydrogens is 629 g/mol. The first kappa shape index (κ1) is 28.9. The van der Waals surface area contributed by atoms with E-state index in [0.29, 0.717) is 17.5 Å². The maximum Gasteiger partial charge on any atom is 0.164 e. The van der Waals surface area contributed by atoms with Gasteiger partial charge in [0, 0.05) is 67.4 Å². The topological polar surface area (TPSA) is 68.2 Å². The highest BCUT2D eigenvalue weighted by Crippen LogP contribution is 2.42. The first-order chi connectivity index (χ1) is 25.3. The Morgan fingerprint density at radius 1 is 0.353 bits per heavy atom. The molecule has 0 aliphatic carbocycles. The van der Waals surface area contributed by atoms with Crippen LogP contribution >= 0.6 is 0 Å². The van der Waals surface area contributed by atoms with E-state index in [9.17, 15) is 0 Å². The van der Waals surface area contributed by atoms with Gasteiger partial charge in [0.05, 0.1) is 0 Å². The van der Waals surface area contributed by atoms with E-state index in [-0.39, 0.29) is 0 Å². The Labute approximate surface area is 292 Å². The number of para-hydroxylation sites is 2. The van der Waals surface area contributed by atoms with Crippen molar-refractivity contribution in [1.82, 2.24) is 15.0 Å². The summed E-state index contributed by atoms with van der Waals surface area (Å²) in [6.07, 6.45) is 0. The number of anilines is 3. The first-order valence-corrected chi connectivity index (χ1v) is 16.9. The molecule has 3 aromatic heterocycles. The number of rotatable bonds is 6. The summed E-state index contributed by atoms with van der Waals surface area (Å²) in [7, 11) is 0. The lowest BCUT2D eigenvalue weighted by Gasteiger charge is -2.25. The van der Waals surface area contributed by atoms with E-state index in [1.807, 2.05) is 97.1 Å². The normalized spacial score (nSPS) is 11.5. The molecule has 0 unspecified atom stereocenters. The Balaban J connectivity index is 1.14. The Hall–Kier alpha value is -7.05. The molecule has 6 heteroatoms. The summed E-state index contributed by atoms with van der Waals surface area (Å²) in [6.45, 7) is 0. The molecule has 0 fully saturated rings. The molecular formula is C45H28N4O2. The average Bonchev–Trinajstić information content (AvgIpc) is 3.77. The number of furan rings is 2. The van der Waals surface area contributed by atoms with Gasteiger partial charge in [0.25, 0.3) is 0 Å². The third-order valence-corrected chi connectivity index (χ3v) is 9.31. The van der Waals surface area contributed by atoms with Crippen LogP contribution in [-0.2, 0) is 0 Å². The number of nitrogens with zero attached hydrogens (tertiary/aromatic N) is 4. The second-order valence-corrected chi connectivity index (χ2v) is 12.4. The Bertz CT molecular complexity index is 2810. The van der Waals surface area contributed by atoms with Crippen LogP contribution in [0.25, 0.3) is 78.0 Å². The fourth-order valence-corrected chi connectivity index (χ4v) is 6.95. The SMILES string of the molecule is c1ccc(-c2nc(-c3ccccc3)nc(-c3cccc4oc5cc(N(c6ccccc6)c6ccc7c(c6)oc6ccccc67)ccc5c34)n2)cc1. The summed E-state index contributed by atoms with van der Waals surface area (Å²) >= 11 is 0.